The maximum atomic E-state index is 11.5. The van der Waals surface area contributed by atoms with Crippen LogP contribution < -0.4 is 10.6 Å². The maximum Gasteiger partial charge on any atom is 0.251 e. The summed E-state index contributed by atoms with van der Waals surface area (Å²) in [7, 11) is 1.63. The summed E-state index contributed by atoms with van der Waals surface area (Å²) in [5.74, 6) is -0.0647. The highest BCUT2D eigenvalue weighted by atomic mass is 32.1. The van der Waals surface area contributed by atoms with Crippen molar-refractivity contribution in [2.24, 2.45) is 0 Å². The molecule has 0 aliphatic heterocycles. The molecule has 3 rings (SSSR count). The van der Waals surface area contributed by atoms with Crippen molar-refractivity contribution in [3.05, 3.63) is 59.1 Å². The van der Waals surface area contributed by atoms with E-state index in [9.17, 15) is 4.79 Å². The van der Waals surface area contributed by atoms with Crippen LogP contribution in [0, 0.1) is 0 Å². The predicted octanol–water partition coefficient (Wildman–Crippen LogP) is 3.27. The van der Waals surface area contributed by atoms with Gasteiger partial charge in [0.2, 0.25) is 0 Å². The molecule has 21 heavy (non-hydrogen) atoms. The average molecular weight is 297 g/mol. The molecular weight excluding hydrogens is 282 g/mol. The zero-order valence-corrected chi connectivity index (χ0v) is 12.4. The highest BCUT2D eigenvalue weighted by molar-refractivity contribution is 7.16. The highest BCUT2D eigenvalue weighted by Gasteiger charge is 2.03. The minimum Gasteiger partial charge on any atom is -0.381 e. The summed E-state index contributed by atoms with van der Waals surface area (Å²) in [6.45, 7) is 0.721. The van der Waals surface area contributed by atoms with E-state index in [1.54, 1.807) is 18.4 Å². The number of aromatic nitrogens is 1. The first kappa shape index (κ1) is 13.6. The molecule has 4 nitrogen and oxygen atoms in total. The van der Waals surface area contributed by atoms with Crippen LogP contribution in [0.5, 0.6) is 0 Å². The van der Waals surface area contributed by atoms with Gasteiger partial charge < -0.3 is 10.6 Å². The van der Waals surface area contributed by atoms with Gasteiger partial charge in [0.15, 0.2) is 0 Å². The molecule has 0 saturated carbocycles. The van der Waals surface area contributed by atoms with Crippen molar-refractivity contribution in [3.63, 3.8) is 0 Å². The van der Waals surface area contributed by atoms with E-state index in [1.807, 2.05) is 41.9 Å². The molecule has 0 unspecified atom stereocenters. The molecule has 5 heteroatoms. The Labute approximate surface area is 126 Å². The Kier molecular flexibility index (Phi) is 3.83. The van der Waals surface area contributed by atoms with Crippen LogP contribution in [0.15, 0.2) is 48.0 Å². The van der Waals surface area contributed by atoms with E-state index in [1.165, 1.54) is 4.70 Å². The summed E-state index contributed by atoms with van der Waals surface area (Å²) >= 11 is 1.64. The SMILES string of the molecule is CNC(=O)c1ccc(CNc2ccc3ncsc3c2)cc1. The van der Waals surface area contributed by atoms with E-state index in [0.717, 1.165) is 23.3 Å². The third kappa shape index (κ3) is 3.03. The van der Waals surface area contributed by atoms with Crippen molar-refractivity contribution in [2.75, 3.05) is 12.4 Å². The number of hydrogen-bond donors (Lipinski definition) is 2. The number of rotatable bonds is 4. The van der Waals surface area contributed by atoms with E-state index in [4.69, 9.17) is 0 Å². The van der Waals surface area contributed by atoms with Gasteiger partial charge >= 0.3 is 0 Å². The van der Waals surface area contributed by atoms with Crippen molar-refractivity contribution >= 4 is 33.1 Å². The van der Waals surface area contributed by atoms with Gasteiger partial charge in [0, 0.05) is 24.8 Å². The van der Waals surface area contributed by atoms with Gasteiger partial charge in [-0.15, -0.1) is 11.3 Å². The maximum absolute atomic E-state index is 11.5. The summed E-state index contributed by atoms with van der Waals surface area (Å²) in [5, 5.41) is 6.00. The fourth-order valence-electron chi connectivity index (χ4n) is 2.09. The largest absolute Gasteiger partial charge is 0.381 e. The van der Waals surface area contributed by atoms with Crippen LogP contribution in [-0.4, -0.2) is 17.9 Å². The number of carbonyl (C=O) groups is 1. The van der Waals surface area contributed by atoms with Gasteiger partial charge in [-0.3, -0.25) is 4.79 Å². The van der Waals surface area contributed by atoms with Gasteiger partial charge in [0.25, 0.3) is 5.91 Å². The normalized spacial score (nSPS) is 10.5. The zero-order chi connectivity index (χ0) is 14.7. The van der Waals surface area contributed by atoms with E-state index < -0.39 is 0 Å². The first-order chi connectivity index (χ1) is 10.3. The van der Waals surface area contributed by atoms with Crippen molar-refractivity contribution in [3.8, 4) is 0 Å². The smallest absolute Gasteiger partial charge is 0.251 e. The lowest BCUT2D eigenvalue weighted by Gasteiger charge is -2.07. The van der Waals surface area contributed by atoms with E-state index >= 15 is 0 Å². The first-order valence-corrected chi connectivity index (χ1v) is 7.52. The van der Waals surface area contributed by atoms with Crippen molar-refractivity contribution < 1.29 is 4.79 Å². The average Bonchev–Trinajstić information content (AvgIpc) is 3.00. The van der Waals surface area contributed by atoms with Crippen molar-refractivity contribution in [1.29, 1.82) is 0 Å². The Hall–Kier alpha value is -2.40. The topological polar surface area (TPSA) is 54.0 Å². The van der Waals surface area contributed by atoms with Gasteiger partial charge in [-0.2, -0.15) is 0 Å². The number of amides is 1. The number of fused-ring (bicyclic) bond motifs is 1. The van der Waals surface area contributed by atoms with Gasteiger partial charge in [0.1, 0.15) is 0 Å². The lowest BCUT2D eigenvalue weighted by molar-refractivity contribution is 0.0963. The molecule has 1 heterocycles. The summed E-state index contributed by atoms with van der Waals surface area (Å²) < 4.78 is 1.18. The van der Waals surface area contributed by atoms with Crippen molar-refractivity contribution in [1.82, 2.24) is 10.3 Å². The third-order valence-electron chi connectivity index (χ3n) is 3.27. The van der Waals surface area contributed by atoms with Crippen LogP contribution >= 0.6 is 11.3 Å². The minimum atomic E-state index is -0.0647. The number of hydrogen-bond acceptors (Lipinski definition) is 4. The molecule has 0 aliphatic rings. The summed E-state index contributed by atoms with van der Waals surface area (Å²) in [6, 6.07) is 13.7. The number of thiazole rings is 1. The Morgan fingerprint density at radius 3 is 2.76 bits per heavy atom. The third-order valence-corrected chi connectivity index (χ3v) is 4.06. The number of nitrogens with zero attached hydrogens (tertiary/aromatic N) is 1. The van der Waals surface area contributed by atoms with E-state index in [0.29, 0.717) is 5.56 Å². The number of nitrogens with one attached hydrogen (secondary N) is 2. The second-order valence-electron chi connectivity index (χ2n) is 4.66. The van der Waals surface area contributed by atoms with E-state index in [-0.39, 0.29) is 5.91 Å². The van der Waals surface area contributed by atoms with Crippen LogP contribution in [0.25, 0.3) is 10.2 Å². The van der Waals surface area contributed by atoms with Crippen LogP contribution in [-0.2, 0) is 6.54 Å². The van der Waals surface area contributed by atoms with Gasteiger partial charge in [-0.05, 0) is 35.9 Å². The number of benzene rings is 2. The van der Waals surface area contributed by atoms with Gasteiger partial charge in [0.05, 0.1) is 15.7 Å². The summed E-state index contributed by atoms with van der Waals surface area (Å²) in [4.78, 5) is 15.7. The number of anilines is 1. The van der Waals surface area contributed by atoms with Gasteiger partial charge in [-0.1, -0.05) is 12.1 Å². The molecule has 3 aromatic rings. The van der Waals surface area contributed by atoms with Crippen LogP contribution in [0.2, 0.25) is 0 Å². The predicted molar refractivity (Wildman–Crippen MR) is 86.8 cm³/mol. The molecule has 0 fully saturated rings. The van der Waals surface area contributed by atoms with E-state index in [2.05, 4.69) is 21.7 Å². The first-order valence-electron chi connectivity index (χ1n) is 6.64. The molecule has 0 saturated heterocycles. The second kappa shape index (κ2) is 5.93. The molecule has 1 aromatic heterocycles. The zero-order valence-electron chi connectivity index (χ0n) is 11.6. The lowest BCUT2D eigenvalue weighted by Crippen LogP contribution is -2.17. The molecule has 1 amide bonds. The minimum absolute atomic E-state index is 0.0647. The molecule has 106 valence electrons. The molecule has 0 spiro atoms. The molecule has 2 aromatic carbocycles. The van der Waals surface area contributed by atoms with Gasteiger partial charge in [-0.25, -0.2) is 4.98 Å². The monoisotopic (exact) mass is 297 g/mol. The van der Waals surface area contributed by atoms with Crippen LogP contribution in [0.4, 0.5) is 5.69 Å². The Morgan fingerprint density at radius 2 is 2.00 bits per heavy atom. The van der Waals surface area contributed by atoms with Crippen LogP contribution in [0.3, 0.4) is 0 Å². The fraction of sp³-hybridized carbons (Fsp3) is 0.125. The molecular formula is C16H15N3OS. The number of carbonyl (C=O) groups excluding carboxylic acids is 1. The highest BCUT2D eigenvalue weighted by Crippen LogP contribution is 2.22. The lowest BCUT2D eigenvalue weighted by atomic mass is 10.1. The Balaban J connectivity index is 1.67. The molecule has 0 radical (unpaired) electrons. The summed E-state index contributed by atoms with van der Waals surface area (Å²) in [5.41, 5.74) is 5.76. The standard InChI is InChI=1S/C16H15N3OS/c1-17-16(20)12-4-2-11(3-5-12)9-18-13-6-7-14-15(8-13)21-10-19-14/h2-8,10,18H,9H2,1H3,(H,17,20). The Bertz CT molecular complexity index is 765. The fourth-order valence-corrected chi connectivity index (χ4v) is 2.80. The molecule has 0 aliphatic carbocycles. The molecule has 0 bridgehead atoms. The quantitative estimate of drug-likeness (QED) is 0.777. The van der Waals surface area contributed by atoms with Crippen LogP contribution in [0.1, 0.15) is 15.9 Å². The van der Waals surface area contributed by atoms with Crippen molar-refractivity contribution in [2.45, 2.75) is 6.54 Å². The summed E-state index contributed by atoms with van der Waals surface area (Å²) in [6.07, 6.45) is 0. The second-order valence-corrected chi connectivity index (χ2v) is 5.55. The molecule has 2 N–H and O–H groups in total. The Morgan fingerprint density at radius 1 is 1.19 bits per heavy atom. The molecule has 0 atom stereocenters.